The number of rotatable bonds is 5. The summed E-state index contributed by atoms with van der Waals surface area (Å²) in [6, 6.07) is 12.4. The molecule has 3 rings (SSSR count). The van der Waals surface area contributed by atoms with Gasteiger partial charge < -0.3 is 10.1 Å². The van der Waals surface area contributed by atoms with Gasteiger partial charge in [0, 0.05) is 17.3 Å². The third kappa shape index (κ3) is 3.80. The van der Waals surface area contributed by atoms with Crippen LogP contribution in [0.4, 0.5) is 5.82 Å². The number of aromatic nitrogens is 3. The van der Waals surface area contributed by atoms with Crippen molar-refractivity contribution < 1.29 is 9.53 Å². The van der Waals surface area contributed by atoms with Gasteiger partial charge in [-0.05, 0) is 44.2 Å². The van der Waals surface area contributed by atoms with E-state index in [1.807, 2.05) is 26.0 Å². The summed E-state index contributed by atoms with van der Waals surface area (Å²) in [6.45, 7) is 4.12. The minimum atomic E-state index is -0.320. The molecule has 0 aliphatic rings. The second kappa shape index (κ2) is 7.36. The fraction of sp³-hybridized carbons (Fsp3) is 0.167. The van der Waals surface area contributed by atoms with Crippen molar-refractivity contribution in [3.05, 3.63) is 64.9 Å². The number of aryl methyl sites for hydroxylation is 1. The van der Waals surface area contributed by atoms with Crippen LogP contribution in [-0.2, 0) is 0 Å². The van der Waals surface area contributed by atoms with E-state index in [1.165, 1.54) is 0 Å². The lowest BCUT2D eigenvalue weighted by Crippen LogP contribution is -2.17. The molecule has 0 radical (unpaired) electrons. The highest BCUT2D eigenvalue weighted by molar-refractivity contribution is 6.30. The molecule has 0 fully saturated rings. The average Bonchev–Trinajstić information content (AvgIpc) is 2.96. The van der Waals surface area contributed by atoms with Gasteiger partial charge in [0.25, 0.3) is 5.91 Å². The fourth-order valence-corrected chi connectivity index (χ4v) is 2.58. The lowest BCUT2D eigenvalue weighted by Gasteiger charge is -2.11. The molecule has 6 nitrogen and oxygen atoms in total. The molecule has 0 atom stereocenters. The Morgan fingerprint density at radius 1 is 1.28 bits per heavy atom. The topological polar surface area (TPSA) is 69.0 Å². The summed E-state index contributed by atoms with van der Waals surface area (Å²) in [5, 5.41) is 7.88. The van der Waals surface area contributed by atoms with E-state index in [9.17, 15) is 4.79 Å². The summed E-state index contributed by atoms with van der Waals surface area (Å²) >= 11 is 6.06. The Hall–Kier alpha value is -2.86. The second-order valence-electron chi connectivity index (χ2n) is 5.31. The van der Waals surface area contributed by atoms with Crippen molar-refractivity contribution in [2.75, 3.05) is 11.9 Å². The highest BCUT2D eigenvalue weighted by atomic mass is 35.5. The third-order valence-corrected chi connectivity index (χ3v) is 3.66. The molecule has 0 spiro atoms. The Balaban J connectivity index is 1.93. The van der Waals surface area contributed by atoms with E-state index in [4.69, 9.17) is 16.3 Å². The molecular weight excluding hydrogens is 340 g/mol. The first-order valence-electron chi connectivity index (χ1n) is 7.80. The number of carbonyl (C=O) groups is 1. The molecule has 0 aliphatic carbocycles. The molecule has 0 saturated heterocycles. The van der Waals surface area contributed by atoms with Crippen LogP contribution in [0.1, 0.15) is 23.0 Å². The molecule has 1 aromatic carbocycles. The van der Waals surface area contributed by atoms with E-state index in [2.05, 4.69) is 15.4 Å². The number of pyridine rings is 1. The van der Waals surface area contributed by atoms with Crippen LogP contribution in [-0.4, -0.2) is 27.3 Å². The minimum absolute atomic E-state index is 0.299. The van der Waals surface area contributed by atoms with Gasteiger partial charge in [0.2, 0.25) is 5.88 Å². The first-order valence-corrected chi connectivity index (χ1v) is 8.18. The SMILES string of the molecule is CCOc1ncccc1C(=O)Nc1cc(C)nn1-c1cccc(Cl)c1. The zero-order valence-electron chi connectivity index (χ0n) is 13.9. The maximum atomic E-state index is 12.7. The molecule has 0 unspecified atom stereocenters. The average molecular weight is 357 g/mol. The van der Waals surface area contributed by atoms with Gasteiger partial charge in [0.15, 0.2) is 0 Å². The molecule has 3 aromatic rings. The molecule has 1 N–H and O–H groups in total. The fourth-order valence-electron chi connectivity index (χ4n) is 2.39. The first-order chi connectivity index (χ1) is 12.1. The lowest BCUT2D eigenvalue weighted by atomic mass is 10.2. The number of anilines is 1. The molecule has 1 amide bonds. The monoisotopic (exact) mass is 356 g/mol. The third-order valence-electron chi connectivity index (χ3n) is 3.42. The number of ether oxygens (including phenoxy) is 1. The van der Waals surface area contributed by atoms with E-state index >= 15 is 0 Å². The van der Waals surface area contributed by atoms with Gasteiger partial charge in [-0.25, -0.2) is 9.67 Å². The van der Waals surface area contributed by atoms with Gasteiger partial charge in [-0.2, -0.15) is 5.10 Å². The minimum Gasteiger partial charge on any atom is -0.477 e. The van der Waals surface area contributed by atoms with E-state index in [1.54, 1.807) is 41.2 Å². The summed E-state index contributed by atoms with van der Waals surface area (Å²) < 4.78 is 7.05. The summed E-state index contributed by atoms with van der Waals surface area (Å²) in [5.41, 5.74) is 1.89. The highest BCUT2D eigenvalue weighted by Crippen LogP contribution is 2.22. The highest BCUT2D eigenvalue weighted by Gasteiger charge is 2.16. The zero-order chi connectivity index (χ0) is 17.8. The smallest absolute Gasteiger partial charge is 0.262 e. The van der Waals surface area contributed by atoms with Gasteiger partial charge in [-0.1, -0.05) is 17.7 Å². The number of hydrogen-bond donors (Lipinski definition) is 1. The van der Waals surface area contributed by atoms with Crippen molar-refractivity contribution >= 4 is 23.3 Å². The van der Waals surface area contributed by atoms with Crippen LogP contribution in [0.2, 0.25) is 5.02 Å². The molecule has 0 saturated carbocycles. The Kier molecular flexibility index (Phi) is 5.00. The van der Waals surface area contributed by atoms with E-state index in [0.717, 1.165) is 11.4 Å². The van der Waals surface area contributed by atoms with Crippen LogP contribution < -0.4 is 10.1 Å². The standard InChI is InChI=1S/C18H17ClN4O2/c1-3-25-18-15(8-5-9-20-18)17(24)21-16-10-12(2)22-23(16)14-7-4-6-13(19)11-14/h4-11H,3H2,1-2H3,(H,21,24). The summed E-state index contributed by atoms with van der Waals surface area (Å²) in [4.78, 5) is 16.8. The number of benzene rings is 1. The van der Waals surface area contributed by atoms with Gasteiger partial charge in [0.05, 0.1) is 18.0 Å². The maximum absolute atomic E-state index is 12.7. The van der Waals surface area contributed by atoms with Gasteiger partial charge in [-0.15, -0.1) is 0 Å². The Labute approximate surface area is 150 Å². The molecule has 0 aliphatic heterocycles. The van der Waals surface area contributed by atoms with Gasteiger partial charge >= 0.3 is 0 Å². The van der Waals surface area contributed by atoms with Crippen LogP contribution in [0.15, 0.2) is 48.7 Å². The normalized spacial score (nSPS) is 10.5. The van der Waals surface area contributed by atoms with Crippen LogP contribution >= 0.6 is 11.6 Å². The van der Waals surface area contributed by atoms with E-state index in [0.29, 0.717) is 28.9 Å². The summed E-state index contributed by atoms with van der Waals surface area (Å²) in [5.74, 6) is 0.517. The van der Waals surface area contributed by atoms with Crippen LogP contribution in [0.3, 0.4) is 0 Å². The Morgan fingerprint density at radius 2 is 2.12 bits per heavy atom. The van der Waals surface area contributed by atoms with Crippen LogP contribution in [0.25, 0.3) is 5.69 Å². The largest absolute Gasteiger partial charge is 0.477 e. The van der Waals surface area contributed by atoms with Crippen molar-refractivity contribution in [3.8, 4) is 11.6 Å². The lowest BCUT2D eigenvalue weighted by molar-refractivity contribution is 0.102. The second-order valence-corrected chi connectivity index (χ2v) is 5.74. The molecule has 25 heavy (non-hydrogen) atoms. The van der Waals surface area contributed by atoms with Crippen molar-refractivity contribution in [1.82, 2.24) is 14.8 Å². The Bertz CT molecular complexity index is 908. The quantitative estimate of drug-likeness (QED) is 0.753. The number of halogens is 1. The summed E-state index contributed by atoms with van der Waals surface area (Å²) in [6.07, 6.45) is 1.59. The number of nitrogens with zero attached hydrogens (tertiary/aromatic N) is 3. The predicted octanol–water partition coefficient (Wildman–Crippen LogP) is 3.88. The number of carbonyl (C=O) groups excluding carboxylic acids is 1. The number of nitrogens with one attached hydrogen (secondary N) is 1. The molecule has 128 valence electrons. The van der Waals surface area contributed by atoms with Crippen LogP contribution in [0, 0.1) is 6.92 Å². The summed E-state index contributed by atoms with van der Waals surface area (Å²) in [7, 11) is 0. The van der Waals surface area contributed by atoms with Gasteiger partial charge in [-0.3, -0.25) is 4.79 Å². The molecule has 0 bridgehead atoms. The maximum Gasteiger partial charge on any atom is 0.262 e. The van der Waals surface area contributed by atoms with Gasteiger partial charge in [0.1, 0.15) is 11.4 Å². The molecule has 2 aromatic heterocycles. The zero-order valence-corrected chi connectivity index (χ0v) is 14.6. The van der Waals surface area contributed by atoms with E-state index < -0.39 is 0 Å². The molecule has 2 heterocycles. The predicted molar refractivity (Wildman–Crippen MR) is 96.7 cm³/mol. The Morgan fingerprint density at radius 3 is 2.88 bits per heavy atom. The number of amides is 1. The first kappa shape index (κ1) is 17.0. The van der Waals surface area contributed by atoms with Crippen molar-refractivity contribution in [1.29, 1.82) is 0 Å². The van der Waals surface area contributed by atoms with Crippen molar-refractivity contribution in [3.63, 3.8) is 0 Å². The van der Waals surface area contributed by atoms with Crippen LogP contribution in [0.5, 0.6) is 5.88 Å². The number of hydrogen-bond acceptors (Lipinski definition) is 4. The van der Waals surface area contributed by atoms with Crippen molar-refractivity contribution in [2.24, 2.45) is 0 Å². The van der Waals surface area contributed by atoms with Crippen molar-refractivity contribution in [2.45, 2.75) is 13.8 Å². The van der Waals surface area contributed by atoms with E-state index in [-0.39, 0.29) is 5.91 Å². The molecule has 7 heteroatoms. The molecular formula is C18H17ClN4O2.